The summed E-state index contributed by atoms with van der Waals surface area (Å²) in [5.74, 6) is -5.19. The van der Waals surface area contributed by atoms with E-state index in [2.05, 4.69) is 20.6 Å². The Morgan fingerprint density at radius 1 is 1.26 bits per heavy atom. The summed E-state index contributed by atoms with van der Waals surface area (Å²) in [5.41, 5.74) is -1.72. The van der Waals surface area contributed by atoms with Crippen molar-refractivity contribution in [2.24, 2.45) is 16.8 Å². The molecule has 34 heavy (non-hydrogen) atoms. The van der Waals surface area contributed by atoms with E-state index in [1.165, 1.54) is 13.1 Å². The fourth-order valence-corrected chi connectivity index (χ4v) is 4.17. The summed E-state index contributed by atoms with van der Waals surface area (Å²) in [5, 5.41) is 6.26. The van der Waals surface area contributed by atoms with Crippen LogP contribution in [0.4, 0.5) is 19.3 Å². The number of aliphatic imine (C=N–C) groups is 1. The van der Waals surface area contributed by atoms with Crippen LogP contribution in [0.5, 0.6) is 0 Å². The van der Waals surface area contributed by atoms with E-state index in [4.69, 9.17) is 21.1 Å². The van der Waals surface area contributed by atoms with Gasteiger partial charge in [0.2, 0.25) is 5.91 Å². The predicted octanol–water partition coefficient (Wildman–Crippen LogP) is 4.77. The van der Waals surface area contributed by atoms with Gasteiger partial charge in [0.1, 0.15) is 11.1 Å². The Morgan fingerprint density at radius 3 is 2.71 bits per heavy atom. The van der Waals surface area contributed by atoms with Crippen LogP contribution in [0.2, 0.25) is 5.02 Å². The van der Waals surface area contributed by atoms with Gasteiger partial charge in [-0.2, -0.15) is 0 Å². The van der Waals surface area contributed by atoms with Gasteiger partial charge in [-0.05, 0) is 46.2 Å². The second kappa shape index (κ2) is 8.33. The topological polar surface area (TPSA) is 102 Å². The molecule has 2 amide bonds. The van der Waals surface area contributed by atoms with Gasteiger partial charge in [-0.3, -0.25) is 9.78 Å². The number of aromatic nitrogens is 1. The maximum Gasteiger partial charge on any atom is 0.415 e. The van der Waals surface area contributed by atoms with Crippen molar-refractivity contribution < 1.29 is 27.8 Å². The maximum absolute atomic E-state index is 14.9. The highest BCUT2D eigenvalue weighted by Gasteiger charge is 2.66. The molecular weight excluding hydrogens is 470 g/mol. The van der Waals surface area contributed by atoms with E-state index in [9.17, 15) is 18.4 Å². The third-order valence-corrected chi connectivity index (χ3v) is 6.06. The van der Waals surface area contributed by atoms with Crippen LogP contribution in [0.25, 0.3) is 10.9 Å². The number of nitrogens with zero attached hydrogens (tertiary/aromatic N) is 2. The van der Waals surface area contributed by atoms with Crippen molar-refractivity contribution in [2.45, 2.75) is 51.2 Å². The largest absolute Gasteiger partial charge is 0.458 e. The van der Waals surface area contributed by atoms with Crippen molar-refractivity contribution in [1.82, 2.24) is 10.3 Å². The lowest BCUT2D eigenvalue weighted by atomic mass is 9.87. The molecule has 8 nitrogen and oxygen atoms in total. The van der Waals surface area contributed by atoms with E-state index >= 15 is 0 Å². The normalized spacial score (nSPS) is 25.7. The predicted molar refractivity (Wildman–Crippen MR) is 123 cm³/mol. The number of alkyl carbamates (subject to hydrolysis) is 1. The summed E-state index contributed by atoms with van der Waals surface area (Å²) in [4.78, 5) is 33.2. The number of carbonyl (C=O) groups is 2. The highest BCUT2D eigenvalue weighted by molar-refractivity contribution is 6.31. The number of hydrogen-bond donors (Lipinski definition) is 2. The number of rotatable bonds is 3. The van der Waals surface area contributed by atoms with Crippen LogP contribution in [0.15, 0.2) is 35.5 Å². The summed E-state index contributed by atoms with van der Waals surface area (Å²) in [7, 11) is 0. The molecule has 0 radical (unpaired) electrons. The molecule has 1 unspecified atom stereocenters. The first-order chi connectivity index (χ1) is 15.8. The summed E-state index contributed by atoms with van der Waals surface area (Å²) in [6.45, 7) is 5.30. The molecule has 2 aliphatic rings. The minimum absolute atomic E-state index is 0.213. The van der Waals surface area contributed by atoms with Crippen LogP contribution in [0, 0.1) is 11.8 Å². The van der Waals surface area contributed by atoms with Crippen molar-refractivity contribution >= 4 is 46.2 Å². The second-order valence-electron chi connectivity index (χ2n) is 9.65. The zero-order chi connectivity index (χ0) is 24.9. The van der Waals surface area contributed by atoms with Crippen molar-refractivity contribution in [3.8, 4) is 0 Å². The van der Waals surface area contributed by atoms with Gasteiger partial charge in [0.15, 0.2) is 6.61 Å². The van der Waals surface area contributed by atoms with Gasteiger partial charge in [0.25, 0.3) is 6.02 Å². The Hall–Kier alpha value is -3.01. The number of pyridine rings is 1. The number of halogens is 3. The molecule has 2 aromatic rings. The fraction of sp³-hybridized carbons (Fsp3) is 0.478. The SMILES string of the molecule is CC(C)(C)OC(=O)NC1=NC(C)([C@@H]2C[C@H]2C(=O)Nc2cccc3cc(Cl)cnc23)C(F)(F)CO1. The Balaban J connectivity index is 1.50. The van der Waals surface area contributed by atoms with E-state index in [1.54, 1.807) is 45.0 Å². The number of amidine groups is 1. The number of amides is 2. The average molecular weight is 495 g/mol. The van der Waals surface area contributed by atoms with Crippen LogP contribution in [0.1, 0.15) is 34.1 Å². The lowest BCUT2D eigenvalue weighted by molar-refractivity contribution is -0.127. The monoisotopic (exact) mass is 494 g/mol. The highest BCUT2D eigenvalue weighted by Crippen LogP contribution is 2.55. The number of anilines is 1. The molecule has 2 heterocycles. The highest BCUT2D eigenvalue weighted by atomic mass is 35.5. The Bertz CT molecular complexity index is 1180. The zero-order valence-electron chi connectivity index (χ0n) is 19.1. The van der Waals surface area contributed by atoms with Crippen LogP contribution >= 0.6 is 11.6 Å². The molecule has 0 bridgehead atoms. The Labute approximate surface area is 200 Å². The molecule has 1 saturated carbocycles. The van der Waals surface area contributed by atoms with Crippen LogP contribution in [-0.2, 0) is 14.3 Å². The van der Waals surface area contributed by atoms with Crippen molar-refractivity contribution in [1.29, 1.82) is 0 Å². The summed E-state index contributed by atoms with van der Waals surface area (Å²) < 4.78 is 39.9. The minimum Gasteiger partial charge on any atom is -0.458 e. The number of para-hydroxylation sites is 1. The smallest absolute Gasteiger partial charge is 0.415 e. The van der Waals surface area contributed by atoms with E-state index in [0.29, 0.717) is 16.2 Å². The second-order valence-corrected chi connectivity index (χ2v) is 10.1. The van der Waals surface area contributed by atoms with Gasteiger partial charge in [-0.1, -0.05) is 23.7 Å². The lowest BCUT2D eigenvalue weighted by Gasteiger charge is -2.38. The van der Waals surface area contributed by atoms with Gasteiger partial charge in [-0.25, -0.2) is 23.9 Å². The number of ether oxygens (including phenoxy) is 2. The van der Waals surface area contributed by atoms with Crippen LogP contribution < -0.4 is 10.6 Å². The summed E-state index contributed by atoms with van der Waals surface area (Å²) in [6, 6.07) is 6.60. The molecule has 2 N–H and O–H groups in total. The molecule has 3 atom stereocenters. The Kier molecular flexibility index (Phi) is 5.91. The summed E-state index contributed by atoms with van der Waals surface area (Å²) >= 11 is 5.98. The third-order valence-electron chi connectivity index (χ3n) is 5.86. The molecule has 1 fully saturated rings. The quantitative estimate of drug-likeness (QED) is 0.640. The molecule has 1 aromatic heterocycles. The van der Waals surface area contributed by atoms with E-state index < -0.39 is 47.5 Å². The molecule has 1 aliphatic heterocycles. The number of hydrogen-bond acceptors (Lipinski definition) is 6. The average Bonchev–Trinajstić information content (AvgIpc) is 3.51. The molecular formula is C23H25ClF2N4O4. The number of fused-ring (bicyclic) bond motifs is 1. The fourth-order valence-electron chi connectivity index (χ4n) is 4.01. The third kappa shape index (κ3) is 4.77. The van der Waals surface area contributed by atoms with Crippen LogP contribution in [0.3, 0.4) is 0 Å². The van der Waals surface area contributed by atoms with Gasteiger partial charge in [-0.15, -0.1) is 0 Å². The van der Waals surface area contributed by atoms with E-state index in [0.717, 1.165) is 5.39 Å². The molecule has 182 valence electrons. The molecule has 11 heteroatoms. The van der Waals surface area contributed by atoms with E-state index in [-0.39, 0.29) is 12.4 Å². The number of carbonyl (C=O) groups excluding carboxylic acids is 2. The number of nitrogens with one attached hydrogen (secondary N) is 2. The zero-order valence-corrected chi connectivity index (χ0v) is 19.9. The first-order valence-corrected chi connectivity index (χ1v) is 11.1. The molecule has 1 aromatic carbocycles. The molecule has 0 spiro atoms. The standard InChI is InChI=1S/C23H25ClF2N4O4/c1-21(2,3)34-20(32)29-19-30-22(4,23(25,26)11-33-19)15-9-14(15)18(31)28-16-7-5-6-12-8-13(24)10-27-17(12)16/h5-8,10,14-15H,9,11H2,1-4H3,(H,28,31)(H,29,30,32)/t14-,15-,22?/m1/s1. The van der Waals surface area contributed by atoms with Gasteiger partial charge >= 0.3 is 12.0 Å². The van der Waals surface area contributed by atoms with Crippen molar-refractivity contribution in [3.63, 3.8) is 0 Å². The Morgan fingerprint density at radius 2 is 2.00 bits per heavy atom. The number of benzene rings is 1. The number of alkyl halides is 2. The first kappa shape index (κ1) is 24.1. The lowest BCUT2D eigenvalue weighted by Crippen LogP contribution is -2.56. The summed E-state index contributed by atoms with van der Waals surface area (Å²) in [6.07, 6.45) is 0.815. The van der Waals surface area contributed by atoms with Crippen LogP contribution in [-0.4, -0.2) is 46.7 Å². The first-order valence-electron chi connectivity index (χ1n) is 10.7. The van der Waals surface area contributed by atoms with Crippen molar-refractivity contribution in [2.75, 3.05) is 11.9 Å². The van der Waals surface area contributed by atoms with Gasteiger partial charge in [0.05, 0.1) is 16.2 Å². The van der Waals surface area contributed by atoms with Gasteiger partial charge in [0, 0.05) is 23.4 Å². The van der Waals surface area contributed by atoms with Gasteiger partial charge < -0.3 is 14.8 Å². The maximum atomic E-state index is 14.9. The minimum atomic E-state index is -3.34. The van der Waals surface area contributed by atoms with Crippen molar-refractivity contribution in [3.05, 3.63) is 35.5 Å². The molecule has 0 saturated heterocycles. The molecule has 1 aliphatic carbocycles. The molecule has 4 rings (SSSR count). The van der Waals surface area contributed by atoms with E-state index in [1.807, 2.05) is 0 Å².